The second kappa shape index (κ2) is 6.56. The number of hydrogen-bond donors (Lipinski definition) is 4. The number of nitrogens with zero attached hydrogens (tertiary/aromatic N) is 2. The molecule has 3 aromatic heterocycles. The number of aliphatic carboxylic acids is 1. The highest BCUT2D eigenvalue weighted by Crippen LogP contribution is 2.24. The monoisotopic (exact) mass is 398 g/mol. The maximum absolute atomic E-state index is 11.7. The lowest BCUT2D eigenvalue weighted by Crippen LogP contribution is -1.96. The highest BCUT2D eigenvalue weighted by Gasteiger charge is 2.17. The van der Waals surface area contributed by atoms with Gasteiger partial charge in [-0.3, -0.25) is 0 Å². The van der Waals surface area contributed by atoms with Crippen LogP contribution >= 0.6 is 0 Å². The molecule has 2 aliphatic heterocycles. The summed E-state index contributed by atoms with van der Waals surface area (Å²) in [4.78, 5) is 38.4. The summed E-state index contributed by atoms with van der Waals surface area (Å²) in [5.41, 5.74) is 4.66. The van der Waals surface area contributed by atoms with Crippen LogP contribution < -0.4 is 0 Å². The van der Waals surface area contributed by atoms with Crippen molar-refractivity contribution in [2.75, 3.05) is 0 Å². The molecule has 8 nitrogen and oxygen atoms in total. The van der Waals surface area contributed by atoms with Gasteiger partial charge in [0.25, 0.3) is 0 Å². The molecule has 0 aliphatic carbocycles. The summed E-state index contributed by atoms with van der Waals surface area (Å²) in [6.07, 6.45) is 5.01. The van der Waals surface area contributed by atoms with Crippen molar-refractivity contribution in [3.8, 4) is 0 Å². The largest absolute Gasteiger partial charge is 0.478 e. The summed E-state index contributed by atoms with van der Waals surface area (Å²) < 4.78 is 0. The molecule has 3 aromatic rings. The molecule has 2 aliphatic rings. The fourth-order valence-electron chi connectivity index (χ4n) is 3.44. The summed E-state index contributed by atoms with van der Waals surface area (Å²) in [5.74, 6) is -2.10. The first kappa shape index (κ1) is 17.6. The van der Waals surface area contributed by atoms with Crippen molar-refractivity contribution < 1.29 is 19.8 Å². The van der Waals surface area contributed by atoms with Gasteiger partial charge in [-0.25, -0.2) is 19.6 Å². The first-order valence-corrected chi connectivity index (χ1v) is 9.04. The third kappa shape index (κ3) is 3.16. The van der Waals surface area contributed by atoms with Crippen LogP contribution in [-0.2, 0) is 4.79 Å². The van der Waals surface area contributed by atoms with E-state index in [4.69, 9.17) is 0 Å². The number of carboxylic acids is 2. The molecule has 0 fully saturated rings. The summed E-state index contributed by atoms with van der Waals surface area (Å²) in [6, 6.07) is 11.9. The summed E-state index contributed by atoms with van der Waals surface area (Å²) >= 11 is 0. The molecular weight excluding hydrogens is 384 g/mol. The van der Waals surface area contributed by atoms with E-state index < -0.39 is 11.9 Å². The van der Waals surface area contributed by atoms with Gasteiger partial charge in [0.1, 0.15) is 0 Å². The second-order valence-corrected chi connectivity index (χ2v) is 6.88. The molecule has 4 N–H and O–H groups in total. The third-order valence-corrected chi connectivity index (χ3v) is 4.75. The number of aromatic nitrogens is 4. The van der Waals surface area contributed by atoms with Crippen molar-refractivity contribution in [3.05, 3.63) is 70.8 Å². The van der Waals surface area contributed by atoms with Gasteiger partial charge in [-0.05, 0) is 60.7 Å². The zero-order valence-corrected chi connectivity index (χ0v) is 15.4. The zero-order valence-electron chi connectivity index (χ0n) is 15.4. The van der Waals surface area contributed by atoms with E-state index in [-0.39, 0.29) is 11.1 Å². The van der Waals surface area contributed by atoms with Crippen molar-refractivity contribution in [3.63, 3.8) is 0 Å². The Hall–Kier alpha value is -4.46. The molecule has 5 rings (SSSR count). The van der Waals surface area contributed by atoms with Gasteiger partial charge < -0.3 is 20.2 Å². The number of rotatable bonds is 2. The number of carboxylic acid groups (broad SMARTS) is 2. The van der Waals surface area contributed by atoms with Crippen molar-refractivity contribution in [1.82, 2.24) is 19.9 Å². The molecule has 0 aromatic carbocycles. The number of nitrogens with one attached hydrogen (secondary N) is 2. The second-order valence-electron chi connectivity index (χ2n) is 6.88. The van der Waals surface area contributed by atoms with E-state index in [2.05, 4.69) is 19.9 Å². The predicted octanol–water partition coefficient (Wildman–Crippen LogP) is 3.81. The summed E-state index contributed by atoms with van der Waals surface area (Å²) in [6.45, 7) is 0. The van der Waals surface area contributed by atoms with Gasteiger partial charge in [0.05, 0.1) is 39.4 Å². The van der Waals surface area contributed by atoms with Gasteiger partial charge in [0, 0.05) is 16.6 Å². The minimum atomic E-state index is -1.06. The third-order valence-electron chi connectivity index (χ3n) is 4.75. The number of aromatic carboxylic acids is 1. The van der Waals surface area contributed by atoms with E-state index in [0.717, 1.165) is 5.52 Å². The van der Waals surface area contributed by atoms with Gasteiger partial charge >= 0.3 is 11.9 Å². The predicted molar refractivity (Wildman–Crippen MR) is 112 cm³/mol. The van der Waals surface area contributed by atoms with Crippen LogP contribution in [0.15, 0.2) is 42.5 Å². The number of fused-ring (bicyclic) bond motifs is 8. The fraction of sp³-hybridized carbons (Fsp3) is 0. The van der Waals surface area contributed by atoms with Crippen molar-refractivity contribution in [2.45, 2.75) is 0 Å². The molecule has 8 bridgehead atoms. The first-order chi connectivity index (χ1) is 14.4. The van der Waals surface area contributed by atoms with Crippen LogP contribution in [0.2, 0.25) is 0 Å². The lowest BCUT2D eigenvalue weighted by Gasteiger charge is -1.92. The molecule has 146 valence electrons. The van der Waals surface area contributed by atoms with E-state index in [0.29, 0.717) is 39.3 Å². The number of hydrogen-bond acceptors (Lipinski definition) is 4. The van der Waals surface area contributed by atoms with Gasteiger partial charge in [-0.1, -0.05) is 0 Å². The molecular formula is C22H14N4O4. The topological polar surface area (TPSA) is 132 Å². The molecule has 0 atom stereocenters. The van der Waals surface area contributed by atoms with Crippen LogP contribution in [0.4, 0.5) is 0 Å². The van der Waals surface area contributed by atoms with E-state index in [9.17, 15) is 19.8 Å². The lowest BCUT2D eigenvalue weighted by molar-refractivity contribution is -0.130. The molecule has 5 heterocycles. The standard InChI is InChI=1S/C22H14N4O4/c27-21(28)17-7-15-5-11-1-3-13(23-11)9-19-18(22(29)30)8-16(26-19)6-12-2-4-14(24-12)10-20(17)25-15/h1-10,23,25H,(H,27,28)(H,29,30). The van der Waals surface area contributed by atoms with Crippen LogP contribution in [-0.4, -0.2) is 42.1 Å². The molecule has 0 saturated carbocycles. The van der Waals surface area contributed by atoms with Crippen molar-refractivity contribution in [1.29, 1.82) is 0 Å². The molecule has 0 amide bonds. The maximum Gasteiger partial charge on any atom is 0.337 e. The molecule has 0 radical (unpaired) electrons. The highest BCUT2D eigenvalue weighted by atomic mass is 16.4. The summed E-state index contributed by atoms with van der Waals surface area (Å²) in [5, 5.41) is 19.1. The van der Waals surface area contributed by atoms with E-state index >= 15 is 0 Å². The Balaban J connectivity index is 1.87. The smallest absolute Gasteiger partial charge is 0.337 e. The number of aromatic amines is 2. The quantitative estimate of drug-likeness (QED) is 0.406. The van der Waals surface area contributed by atoms with Crippen molar-refractivity contribution >= 4 is 57.8 Å². The van der Waals surface area contributed by atoms with Crippen molar-refractivity contribution in [2.24, 2.45) is 0 Å². The van der Waals surface area contributed by atoms with Gasteiger partial charge in [-0.15, -0.1) is 0 Å². The molecule has 0 unspecified atom stereocenters. The van der Waals surface area contributed by atoms with Crippen LogP contribution in [0, 0.1) is 0 Å². The fourth-order valence-corrected chi connectivity index (χ4v) is 3.44. The maximum atomic E-state index is 11.7. The average molecular weight is 398 g/mol. The molecule has 8 heteroatoms. The minimum absolute atomic E-state index is 0.101. The molecule has 30 heavy (non-hydrogen) atoms. The minimum Gasteiger partial charge on any atom is -0.478 e. The van der Waals surface area contributed by atoms with E-state index in [1.54, 1.807) is 48.6 Å². The van der Waals surface area contributed by atoms with E-state index in [1.807, 2.05) is 6.07 Å². The Morgan fingerprint density at radius 3 is 2.20 bits per heavy atom. The number of carbonyl (C=O) groups is 2. The average Bonchev–Trinajstić information content (AvgIpc) is 3.44. The Kier molecular flexibility index (Phi) is 3.85. The highest BCUT2D eigenvalue weighted by molar-refractivity contribution is 6.21. The van der Waals surface area contributed by atoms with Crippen LogP contribution in [0.5, 0.6) is 0 Å². The molecule has 0 spiro atoms. The number of H-pyrrole nitrogens is 2. The van der Waals surface area contributed by atoms with E-state index in [1.165, 1.54) is 6.08 Å². The van der Waals surface area contributed by atoms with Crippen LogP contribution in [0.1, 0.15) is 33.1 Å². The van der Waals surface area contributed by atoms with Crippen LogP contribution in [0.25, 0.3) is 45.9 Å². The Morgan fingerprint density at radius 2 is 1.47 bits per heavy atom. The first-order valence-electron chi connectivity index (χ1n) is 9.04. The Morgan fingerprint density at radius 1 is 0.733 bits per heavy atom. The van der Waals surface area contributed by atoms with Gasteiger partial charge in [0.15, 0.2) is 0 Å². The normalized spacial score (nSPS) is 12.6. The molecule has 0 saturated heterocycles. The SMILES string of the molecule is O=C(O)C1=Cc2cc3nc(cc4[nH]c(cc4C(=O)O)cc4ccc(cc1n2)[nH]4)C=C3. The zero-order chi connectivity index (χ0) is 20.8. The van der Waals surface area contributed by atoms with Gasteiger partial charge in [0.2, 0.25) is 0 Å². The Bertz CT molecular complexity index is 1460. The van der Waals surface area contributed by atoms with Gasteiger partial charge in [-0.2, -0.15) is 0 Å². The lowest BCUT2D eigenvalue weighted by atomic mass is 10.2. The summed E-state index contributed by atoms with van der Waals surface area (Å²) in [7, 11) is 0. The Labute approximate surface area is 168 Å². The van der Waals surface area contributed by atoms with Crippen LogP contribution in [0.3, 0.4) is 0 Å².